The van der Waals surface area contributed by atoms with E-state index in [9.17, 15) is 4.79 Å². The molecule has 2 heterocycles. The Morgan fingerprint density at radius 2 is 2.00 bits per heavy atom. The summed E-state index contributed by atoms with van der Waals surface area (Å²) in [6.45, 7) is 8.93. The molecule has 0 spiro atoms. The first-order valence-electron chi connectivity index (χ1n) is 11.1. The number of methoxy groups -OCH3 is 1. The Morgan fingerprint density at radius 3 is 2.66 bits per heavy atom. The molecule has 0 aliphatic carbocycles. The summed E-state index contributed by atoms with van der Waals surface area (Å²) in [5.74, 6) is 1.06. The molecule has 2 aromatic carbocycles. The van der Waals surface area contributed by atoms with Crippen LogP contribution in [0.25, 0.3) is 6.08 Å². The van der Waals surface area contributed by atoms with E-state index >= 15 is 0 Å². The Morgan fingerprint density at radius 1 is 1.28 bits per heavy atom. The highest BCUT2D eigenvalue weighted by molar-refractivity contribution is 8.18. The van der Waals surface area contributed by atoms with Gasteiger partial charge in [-0.2, -0.15) is 0 Å². The van der Waals surface area contributed by atoms with Crippen molar-refractivity contribution < 1.29 is 9.53 Å². The molecule has 168 valence electrons. The van der Waals surface area contributed by atoms with Gasteiger partial charge in [0.05, 0.1) is 17.7 Å². The molecule has 32 heavy (non-hydrogen) atoms. The number of amides is 1. The molecule has 0 saturated carbocycles. The molecule has 1 atom stereocenters. The number of rotatable bonds is 4. The lowest BCUT2D eigenvalue weighted by Crippen LogP contribution is -2.45. The van der Waals surface area contributed by atoms with E-state index in [0.717, 1.165) is 29.8 Å². The van der Waals surface area contributed by atoms with Crippen LogP contribution >= 0.6 is 11.8 Å². The zero-order chi connectivity index (χ0) is 23.0. The van der Waals surface area contributed by atoms with Crippen molar-refractivity contribution in [1.82, 2.24) is 5.32 Å². The van der Waals surface area contributed by atoms with Gasteiger partial charge in [-0.1, -0.05) is 26.0 Å². The first-order valence-corrected chi connectivity index (χ1v) is 11.9. The van der Waals surface area contributed by atoms with E-state index in [1.807, 2.05) is 18.2 Å². The van der Waals surface area contributed by atoms with Gasteiger partial charge in [0.25, 0.3) is 5.91 Å². The quantitative estimate of drug-likeness (QED) is 0.593. The molecule has 0 bridgehead atoms. The average Bonchev–Trinajstić information content (AvgIpc) is 3.10. The van der Waals surface area contributed by atoms with Gasteiger partial charge in [0.2, 0.25) is 0 Å². The second-order valence-corrected chi connectivity index (χ2v) is 10.2. The van der Waals surface area contributed by atoms with Gasteiger partial charge in [0, 0.05) is 29.9 Å². The van der Waals surface area contributed by atoms with Gasteiger partial charge in [-0.05, 0) is 79.8 Å². The van der Waals surface area contributed by atoms with E-state index < -0.39 is 0 Å². The fourth-order valence-corrected chi connectivity index (χ4v) is 5.28. The van der Waals surface area contributed by atoms with Crippen LogP contribution in [0.3, 0.4) is 0 Å². The van der Waals surface area contributed by atoms with E-state index in [1.165, 1.54) is 28.6 Å². The van der Waals surface area contributed by atoms with Crippen LogP contribution in [0.15, 0.2) is 46.3 Å². The molecule has 1 fully saturated rings. The summed E-state index contributed by atoms with van der Waals surface area (Å²) in [5.41, 5.74) is 5.57. The van der Waals surface area contributed by atoms with Gasteiger partial charge < -0.3 is 15.0 Å². The molecule has 0 aromatic heterocycles. The van der Waals surface area contributed by atoms with Crippen molar-refractivity contribution in [3.63, 3.8) is 0 Å². The number of nitrogens with zero attached hydrogens (tertiary/aromatic N) is 2. The standard InChI is InChI=1S/C26H31N3O2S/c1-7-17-8-10-19(11-9-17)27-25-28-24(30)23(32-25)13-18-12-20-16(2)15-26(3,4)29(5)21(20)14-22(18)31-6/h8-14,16H,7,15H2,1-6H3,(H,27,28,30)/b23-13+. The minimum atomic E-state index is -0.134. The number of hydrogen-bond acceptors (Lipinski definition) is 5. The molecule has 5 nitrogen and oxygen atoms in total. The number of thioether (sulfide) groups is 1. The fraction of sp³-hybridized carbons (Fsp3) is 0.385. The number of carbonyl (C=O) groups excluding carboxylic acids is 1. The summed E-state index contributed by atoms with van der Waals surface area (Å²) in [6, 6.07) is 12.4. The van der Waals surface area contributed by atoms with Gasteiger partial charge in [0.1, 0.15) is 5.75 Å². The zero-order valence-electron chi connectivity index (χ0n) is 19.7. The molecule has 2 aliphatic rings. The third kappa shape index (κ3) is 4.29. The molecule has 0 radical (unpaired) electrons. The van der Waals surface area contributed by atoms with Crippen molar-refractivity contribution in [1.29, 1.82) is 0 Å². The molecule has 6 heteroatoms. The monoisotopic (exact) mass is 449 g/mol. The van der Waals surface area contributed by atoms with Crippen LogP contribution in [0.2, 0.25) is 0 Å². The van der Waals surface area contributed by atoms with Crippen LogP contribution in [0.1, 0.15) is 56.7 Å². The Balaban J connectivity index is 1.65. The highest BCUT2D eigenvalue weighted by atomic mass is 32.2. The maximum atomic E-state index is 12.6. The number of aryl methyl sites for hydroxylation is 1. The van der Waals surface area contributed by atoms with E-state index in [-0.39, 0.29) is 11.4 Å². The average molecular weight is 450 g/mol. The molecule has 1 amide bonds. The Labute approximate surface area is 194 Å². The SMILES string of the molecule is CCc1ccc(N=C2NC(=O)/C(=C\c3cc4c(cc3OC)N(C)C(C)(C)CC4C)S2)cc1. The number of hydrogen-bond donors (Lipinski definition) is 1. The van der Waals surface area contributed by atoms with Gasteiger partial charge in [-0.3, -0.25) is 4.79 Å². The molecular weight excluding hydrogens is 418 g/mol. The molecular formula is C26H31N3O2S. The van der Waals surface area contributed by atoms with Gasteiger partial charge >= 0.3 is 0 Å². The second kappa shape index (κ2) is 8.66. The summed E-state index contributed by atoms with van der Waals surface area (Å²) < 4.78 is 5.71. The van der Waals surface area contributed by atoms with Crippen LogP contribution in [0.4, 0.5) is 11.4 Å². The maximum Gasteiger partial charge on any atom is 0.264 e. The van der Waals surface area contributed by atoms with Gasteiger partial charge in [0.15, 0.2) is 5.17 Å². The second-order valence-electron chi connectivity index (χ2n) is 9.13. The fourth-order valence-electron chi connectivity index (χ4n) is 4.45. The first kappa shape index (κ1) is 22.5. The normalized spacial score (nSPS) is 22.2. The lowest BCUT2D eigenvalue weighted by atomic mass is 9.80. The summed E-state index contributed by atoms with van der Waals surface area (Å²) in [4.78, 5) is 20.2. The number of aliphatic imine (C=N–C) groups is 1. The largest absolute Gasteiger partial charge is 0.496 e. The number of ether oxygens (including phenoxy) is 1. The number of nitrogens with one attached hydrogen (secondary N) is 1. The highest BCUT2D eigenvalue weighted by Crippen LogP contribution is 2.45. The van der Waals surface area contributed by atoms with Crippen molar-refractivity contribution in [2.45, 2.75) is 52.0 Å². The number of carbonyl (C=O) groups is 1. The van der Waals surface area contributed by atoms with Gasteiger partial charge in [-0.15, -0.1) is 0 Å². The number of fused-ring (bicyclic) bond motifs is 1. The smallest absolute Gasteiger partial charge is 0.264 e. The number of amidine groups is 1. The number of benzene rings is 2. The number of anilines is 1. The minimum absolute atomic E-state index is 0.0826. The summed E-state index contributed by atoms with van der Waals surface area (Å²) >= 11 is 1.36. The minimum Gasteiger partial charge on any atom is -0.496 e. The van der Waals surface area contributed by atoms with Crippen molar-refractivity contribution in [2.24, 2.45) is 4.99 Å². The molecule has 1 saturated heterocycles. The van der Waals surface area contributed by atoms with Crippen molar-refractivity contribution in [3.8, 4) is 5.75 Å². The van der Waals surface area contributed by atoms with Crippen molar-refractivity contribution in [2.75, 3.05) is 19.1 Å². The molecule has 2 aromatic rings. The lowest BCUT2D eigenvalue weighted by molar-refractivity contribution is -0.115. The van der Waals surface area contributed by atoms with E-state index in [0.29, 0.717) is 16.0 Å². The summed E-state index contributed by atoms with van der Waals surface area (Å²) in [7, 11) is 3.81. The predicted octanol–water partition coefficient (Wildman–Crippen LogP) is 5.87. The predicted molar refractivity (Wildman–Crippen MR) is 135 cm³/mol. The maximum absolute atomic E-state index is 12.6. The molecule has 2 aliphatic heterocycles. The zero-order valence-corrected chi connectivity index (χ0v) is 20.5. The molecule has 4 rings (SSSR count). The molecule has 1 unspecified atom stereocenters. The summed E-state index contributed by atoms with van der Waals surface area (Å²) in [6.07, 6.45) is 3.97. The van der Waals surface area contributed by atoms with Crippen LogP contribution < -0.4 is 15.0 Å². The third-order valence-electron chi connectivity index (χ3n) is 6.50. The Bertz CT molecular complexity index is 1100. The van der Waals surface area contributed by atoms with Crippen LogP contribution in [-0.2, 0) is 11.2 Å². The van der Waals surface area contributed by atoms with E-state index in [4.69, 9.17) is 4.74 Å². The first-order chi connectivity index (χ1) is 15.2. The van der Waals surface area contributed by atoms with E-state index in [2.05, 4.69) is 74.2 Å². The Kier molecular flexibility index (Phi) is 6.08. The summed E-state index contributed by atoms with van der Waals surface area (Å²) in [5, 5.41) is 3.48. The Hall–Kier alpha value is -2.73. The third-order valence-corrected chi connectivity index (χ3v) is 7.41. The van der Waals surface area contributed by atoms with Crippen molar-refractivity contribution in [3.05, 3.63) is 58.0 Å². The van der Waals surface area contributed by atoms with Gasteiger partial charge in [-0.25, -0.2) is 4.99 Å². The van der Waals surface area contributed by atoms with E-state index in [1.54, 1.807) is 7.11 Å². The lowest BCUT2D eigenvalue weighted by Gasteiger charge is -2.45. The van der Waals surface area contributed by atoms with Crippen LogP contribution in [0, 0.1) is 0 Å². The topological polar surface area (TPSA) is 53.9 Å². The highest BCUT2D eigenvalue weighted by Gasteiger charge is 2.35. The van der Waals surface area contributed by atoms with Crippen LogP contribution in [0.5, 0.6) is 5.75 Å². The van der Waals surface area contributed by atoms with Crippen LogP contribution in [-0.4, -0.2) is 30.8 Å². The molecule has 1 N–H and O–H groups in total. The van der Waals surface area contributed by atoms with Crippen molar-refractivity contribution >= 4 is 40.3 Å².